The van der Waals surface area contributed by atoms with Gasteiger partial charge in [-0.05, 0) is 17.7 Å². The summed E-state index contributed by atoms with van der Waals surface area (Å²) in [6, 6.07) is 5.04. The largest absolute Gasteiger partial charge is 0.496 e. The molecule has 2 aromatic rings. The number of rotatable bonds is 3. The first kappa shape index (κ1) is 12.8. The zero-order valence-corrected chi connectivity index (χ0v) is 9.71. The molecule has 3 N–H and O–H groups in total. The van der Waals surface area contributed by atoms with Crippen LogP contribution in [-0.2, 0) is 0 Å². The second-order valence-corrected chi connectivity index (χ2v) is 3.96. The number of nitrogens with one attached hydrogen (secondary N) is 1. The molecule has 1 atom stereocenters. The second kappa shape index (κ2) is 4.53. The Labute approximate surface area is 102 Å². The van der Waals surface area contributed by atoms with Gasteiger partial charge >= 0.3 is 6.18 Å². The van der Waals surface area contributed by atoms with Gasteiger partial charge in [-0.2, -0.15) is 13.2 Å². The fraction of sp³-hybridized carbons (Fsp3) is 0.333. The van der Waals surface area contributed by atoms with Crippen molar-refractivity contribution in [1.82, 2.24) is 4.98 Å². The quantitative estimate of drug-likeness (QED) is 0.889. The van der Waals surface area contributed by atoms with E-state index in [0.717, 1.165) is 0 Å². The number of H-pyrrole nitrogens is 1. The Kier molecular flexibility index (Phi) is 3.21. The molecule has 0 fully saturated rings. The molecule has 18 heavy (non-hydrogen) atoms. The Morgan fingerprint density at radius 1 is 1.39 bits per heavy atom. The molecule has 6 heteroatoms. The van der Waals surface area contributed by atoms with Crippen LogP contribution in [0.2, 0.25) is 0 Å². The average molecular weight is 258 g/mol. The van der Waals surface area contributed by atoms with Crippen molar-refractivity contribution in [2.45, 2.75) is 12.1 Å². The van der Waals surface area contributed by atoms with Gasteiger partial charge in [0.05, 0.1) is 13.0 Å². The Morgan fingerprint density at radius 3 is 2.67 bits per heavy atom. The first-order chi connectivity index (χ1) is 8.49. The minimum Gasteiger partial charge on any atom is -0.496 e. The molecule has 0 amide bonds. The van der Waals surface area contributed by atoms with E-state index in [4.69, 9.17) is 10.5 Å². The zero-order valence-electron chi connectivity index (χ0n) is 9.71. The summed E-state index contributed by atoms with van der Waals surface area (Å²) in [6.45, 7) is -0.492. The van der Waals surface area contributed by atoms with Crippen LogP contribution in [-0.4, -0.2) is 24.8 Å². The lowest BCUT2D eigenvalue weighted by Gasteiger charge is -2.18. The van der Waals surface area contributed by atoms with Gasteiger partial charge in [-0.25, -0.2) is 0 Å². The summed E-state index contributed by atoms with van der Waals surface area (Å²) in [4.78, 5) is 2.81. The maximum absolute atomic E-state index is 12.9. The number of halogens is 3. The number of benzene rings is 1. The van der Waals surface area contributed by atoms with Crippen LogP contribution in [0.4, 0.5) is 13.2 Å². The van der Waals surface area contributed by atoms with Gasteiger partial charge in [-0.15, -0.1) is 0 Å². The molecule has 1 aromatic carbocycles. The van der Waals surface area contributed by atoms with Crippen LogP contribution in [0.3, 0.4) is 0 Å². The lowest BCUT2D eigenvalue weighted by atomic mass is 9.97. The standard InChI is InChI=1S/C12H13F3N2O/c1-18-10-4-2-3-9-11(10)7(6-17-9)8(5-16)12(13,14)15/h2-4,6,8,17H,5,16H2,1H3. The van der Waals surface area contributed by atoms with Crippen LogP contribution in [0.1, 0.15) is 11.5 Å². The van der Waals surface area contributed by atoms with Crippen LogP contribution in [0, 0.1) is 0 Å². The third-order valence-electron chi connectivity index (χ3n) is 2.92. The van der Waals surface area contributed by atoms with Crippen LogP contribution in [0.25, 0.3) is 10.9 Å². The smallest absolute Gasteiger partial charge is 0.397 e. The van der Waals surface area contributed by atoms with Gasteiger partial charge in [-0.3, -0.25) is 0 Å². The van der Waals surface area contributed by atoms with Gasteiger partial charge in [0.2, 0.25) is 0 Å². The fourth-order valence-corrected chi connectivity index (χ4v) is 2.06. The van der Waals surface area contributed by atoms with Crippen molar-refractivity contribution >= 4 is 10.9 Å². The molecule has 2 rings (SSSR count). The number of fused-ring (bicyclic) bond motifs is 1. The highest BCUT2D eigenvalue weighted by atomic mass is 19.4. The average Bonchev–Trinajstić information content (AvgIpc) is 2.72. The minimum atomic E-state index is -4.37. The van der Waals surface area contributed by atoms with E-state index in [1.807, 2.05) is 0 Å². The number of aromatic amines is 1. The van der Waals surface area contributed by atoms with Crippen molar-refractivity contribution in [3.05, 3.63) is 30.0 Å². The highest BCUT2D eigenvalue weighted by molar-refractivity contribution is 5.89. The van der Waals surface area contributed by atoms with Crippen LogP contribution in [0.5, 0.6) is 5.75 Å². The number of alkyl halides is 3. The van der Waals surface area contributed by atoms with Crippen molar-refractivity contribution in [2.75, 3.05) is 13.7 Å². The summed E-state index contributed by atoms with van der Waals surface area (Å²) in [6.07, 6.45) is -3.02. The van der Waals surface area contributed by atoms with Crippen molar-refractivity contribution < 1.29 is 17.9 Å². The monoisotopic (exact) mass is 258 g/mol. The number of aromatic nitrogens is 1. The Balaban J connectivity index is 2.64. The van der Waals surface area contributed by atoms with Crippen LogP contribution in [0.15, 0.2) is 24.4 Å². The summed E-state index contributed by atoms with van der Waals surface area (Å²) in [7, 11) is 1.43. The molecule has 0 saturated heterocycles. The van der Waals surface area contributed by atoms with Crippen molar-refractivity contribution in [1.29, 1.82) is 0 Å². The van der Waals surface area contributed by atoms with E-state index < -0.39 is 18.6 Å². The lowest BCUT2D eigenvalue weighted by molar-refractivity contribution is -0.147. The van der Waals surface area contributed by atoms with Gasteiger partial charge in [-0.1, -0.05) is 6.07 Å². The van der Waals surface area contributed by atoms with E-state index in [9.17, 15) is 13.2 Å². The van der Waals surface area contributed by atoms with Gasteiger partial charge < -0.3 is 15.5 Å². The summed E-state index contributed by atoms with van der Waals surface area (Å²) in [5, 5.41) is 0.438. The molecule has 3 nitrogen and oxygen atoms in total. The Morgan fingerprint density at radius 2 is 2.11 bits per heavy atom. The molecular formula is C12H13F3N2O. The van der Waals surface area contributed by atoms with Gasteiger partial charge in [0.15, 0.2) is 0 Å². The molecule has 0 spiro atoms. The summed E-state index contributed by atoms with van der Waals surface area (Å²) < 4.78 is 43.8. The predicted molar refractivity (Wildman–Crippen MR) is 62.7 cm³/mol. The Bertz CT molecular complexity index is 548. The van der Waals surface area contributed by atoms with Crippen molar-refractivity contribution in [3.8, 4) is 5.75 Å². The number of hydrogen-bond donors (Lipinski definition) is 2. The first-order valence-electron chi connectivity index (χ1n) is 5.39. The molecule has 0 radical (unpaired) electrons. The van der Waals surface area contributed by atoms with Gasteiger partial charge in [0.1, 0.15) is 5.75 Å². The lowest BCUT2D eigenvalue weighted by Crippen LogP contribution is -2.27. The SMILES string of the molecule is COc1cccc2[nH]cc(C(CN)C(F)(F)F)c12. The molecule has 0 aliphatic carbocycles. The van der Waals surface area contributed by atoms with E-state index >= 15 is 0 Å². The third-order valence-corrected chi connectivity index (χ3v) is 2.92. The molecule has 0 saturated carbocycles. The van der Waals surface area contributed by atoms with Crippen molar-refractivity contribution in [2.24, 2.45) is 5.73 Å². The third kappa shape index (κ3) is 2.03. The van der Waals surface area contributed by atoms with E-state index in [-0.39, 0.29) is 5.56 Å². The predicted octanol–water partition coefficient (Wildman–Crippen LogP) is 2.78. The number of hydrogen-bond acceptors (Lipinski definition) is 2. The summed E-state index contributed by atoms with van der Waals surface area (Å²) in [5.41, 5.74) is 5.98. The first-order valence-corrected chi connectivity index (χ1v) is 5.39. The molecule has 98 valence electrons. The Hall–Kier alpha value is -1.69. The van der Waals surface area contributed by atoms with E-state index in [0.29, 0.717) is 16.7 Å². The molecule has 1 aromatic heterocycles. The van der Waals surface area contributed by atoms with E-state index in [2.05, 4.69) is 4.98 Å². The number of nitrogens with two attached hydrogens (primary N) is 1. The van der Waals surface area contributed by atoms with E-state index in [1.165, 1.54) is 13.3 Å². The molecule has 0 aliphatic heterocycles. The minimum absolute atomic E-state index is 0.123. The van der Waals surface area contributed by atoms with Crippen LogP contribution >= 0.6 is 0 Å². The van der Waals surface area contributed by atoms with E-state index in [1.54, 1.807) is 18.2 Å². The molecule has 1 heterocycles. The van der Waals surface area contributed by atoms with Crippen LogP contribution < -0.4 is 10.5 Å². The van der Waals surface area contributed by atoms with Crippen molar-refractivity contribution in [3.63, 3.8) is 0 Å². The maximum atomic E-state index is 12.9. The summed E-state index contributed by atoms with van der Waals surface area (Å²) >= 11 is 0. The highest BCUT2D eigenvalue weighted by Gasteiger charge is 2.41. The maximum Gasteiger partial charge on any atom is 0.397 e. The van der Waals surface area contributed by atoms with Gasteiger partial charge in [0, 0.05) is 23.6 Å². The topological polar surface area (TPSA) is 51.0 Å². The van der Waals surface area contributed by atoms with Gasteiger partial charge in [0.25, 0.3) is 0 Å². The molecule has 0 aliphatic rings. The molecular weight excluding hydrogens is 245 g/mol. The fourth-order valence-electron chi connectivity index (χ4n) is 2.06. The molecule has 0 bridgehead atoms. The molecule has 1 unspecified atom stereocenters. The number of ether oxygens (including phenoxy) is 1. The zero-order chi connectivity index (χ0) is 13.3. The second-order valence-electron chi connectivity index (χ2n) is 3.96. The number of methoxy groups -OCH3 is 1. The highest BCUT2D eigenvalue weighted by Crippen LogP contribution is 2.40. The normalized spacial score (nSPS) is 13.8. The summed E-state index contributed by atoms with van der Waals surface area (Å²) in [5.74, 6) is -1.28.